The van der Waals surface area contributed by atoms with Crippen LogP contribution in [0.5, 0.6) is 0 Å². The summed E-state index contributed by atoms with van der Waals surface area (Å²) in [6.45, 7) is 3.70. The van der Waals surface area contributed by atoms with Crippen LogP contribution < -0.4 is 5.32 Å². The minimum absolute atomic E-state index is 0.277. The molecular weight excluding hydrogens is 189 g/mol. The lowest BCUT2D eigenvalue weighted by atomic mass is 10.2. The van der Waals surface area contributed by atoms with Crippen molar-refractivity contribution < 1.29 is 4.39 Å². The van der Waals surface area contributed by atoms with E-state index >= 15 is 0 Å². The van der Waals surface area contributed by atoms with Gasteiger partial charge in [-0.15, -0.1) is 0 Å². The molecule has 0 aliphatic rings. The van der Waals surface area contributed by atoms with Gasteiger partial charge < -0.3 is 5.32 Å². The summed E-state index contributed by atoms with van der Waals surface area (Å²) in [5.41, 5.74) is 0.887. The van der Waals surface area contributed by atoms with Crippen LogP contribution in [-0.4, -0.2) is 6.54 Å². The summed E-state index contributed by atoms with van der Waals surface area (Å²) in [6, 6.07) is 4.58. The van der Waals surface area contributed by atoms with Crippen LogP contribution in [0.2, 0.25) is 5.02 Å². The molecule has 0 aromatic heterocycles. The molecule has 0 atom stereocenters. The van der Waals surface area contributed by atoms with Crippen molar-refractivity contribution in [2.24, 2.45) is 0 Å². The van der Waals surface area contributed by atoms with E-state index < -0.39 is 0 Å². The Balaban J connectivity index is 2.56. The fourth-order valence-corrected chi connectivity index (χ4v) is 1.37. The molecule has 0 amide bonds. The van der Waals surface area contributed by atoms with E-state index in [1.54, 1.807) is 6.07 Å². The maximum atomic E-state index is 12.8. The molecule has 0 saturated carbocycles. The van der Waals surface area contributed by atoms with Gasteiger partial charge in [0, 0.05) is 11.6 Å². The van der Waals surface area contributed by atoms with Crippen LogP contribution in [0.3, 0.4) is 0 Å². The average molecular weight is 202 g/mol. The highest BCUT2D eigenvalue weighted by Crippen LogP contribution is 2.13. The van der Waals surface area contributed by atoms with Crippen molar-refractivity contribution in [3.8, 4) is 0 Å². The van der Waals surface area contributed by atoms with Gasteiger partial charge in [-0.2, -0.15) is 0 Å². The third-order valence-electron chi connectivity index (χ3n) is 1.68. The molecule has 3 heteroatoms. The second kappa shape index (κ2) is 5.20. The van der Waals surface area contributed by atoms with E-state index in [-0.39, 0.29) is 5.82 Å². The molecule has 1 nitrogen and oxygen atoms in total. The normalized spacial score (nSPS) is 10.4. The molecular formula is C10H13ClFN. The van der Waals surface area contributed by atoms with E-state index in [4.69, 9.17) is 11.6 Å². The van der Waals surface area contributed by atoms with Crippen molar-refractivity contribution in [2.45, 2.75) is 19.9 Å². The van der Waals surface area contributed by atoms with E-state index in [0.717, 1.165) is 18.5 Å². The van der Waals surface area contributed by atoms with Crippen LogP contribution in [0.15, 0.2) is 18.2 Å². The highest BCUT2D eigenvalue weighted by atomic mass is 35.5. The smallest absolute Gasteiger partial charge is 0.125 e. The third kappa shape index (κ3) is 3.75. The summed E-state index contributed by atoms with van der Waals surface area (Å²) < 4.78 is 12.8. The molecule has 0 heterocycles. The highest BCUT2D eigenvalue weighted by molar-refractivity contribution is 6.30. The monoisotopic (exact) mass is 201 g/mol. The first-order valence-corrected chi connectivity index (χ1v) is 4.76. The van der Waals surface area contributed by atoms with Gasteiger partial charge in [0.15, 0.2) is 0 Å². The number of nitrogens with one attached hydrogen (secondary N) is 1. The van der Waals surface area contributed by atoms with E-state index in [0.29, 0.717) is 11.6 Å². The van der Waals surface area contributed by atoms with Crippen molar-refractivity contribution in [2.75, 3.05) is 6.54 Å². The van der Waals surface area contributed by atoms with Crippen molar-refractivity contribution in [3.05, 3.63) is 34.6 Å². The fraction of sp³-hybridized carbons (Fsp3) is 0.400. The molecule has 1 rings (SSSR count). The van der Waals surface area contributed by atoms with Crippen molar-refractivity contribution in [1.82, 2.24) is 5.32 Å². The van der Waals surface area contributed by atoms with Gasteiger partial charge in [-0.05, 0) is 36.7 Å². The first-order valence-electron chi connectivity index (χ1n) is 4.38. The van der Waals surface area contributed by atoms with Crippen LogP contribution in [0, 0.1) is 5.82 Å². The minimum Gasteiger partial charge on any atom is -0.313 e. The molecule has 1 aromatic rings. The molecule has 0 fully saturated rings. The van der Waals surface area contributed by atoms with Crippen LogP contribution in [0.25, 0.3) is 0 Å². The Hall–Kier alpha value is -0.600. The number of rotatable bonds is 4. The molecule has 1 aromatic carbocycles. The van der Waals surface area contributed by atoms with Crippen LogP contribution >= 0.6 is 11.6 Å². The van der Waals surface area contributed by atoms with Gasteiger partial charge in [0.1, 0.15) is 5.82 Å². The number of halogens is 2. The van der Waals surface area contributed by atoms with Gasteiger partial charge >= 0.3 is 0 Å². The Morgan fingerprint density at radius 3 is 2.77 bits per heavy atom. The van der Waals surface area contributed by atoms with E-state index in [9.17, 15) is 4.39 Å². The zero-order valence-corrected chi connectivity index (χ0v) is 8.37. The zero-order valence-electron chi connectivity index (χ0n) is 7.61. The van der Waals surface area contributed by atoms with Gasteiger partial charge in [0.05, 0.1) is 0 Å². The van der Waals surface area contributed by atoms with Gasteiger partial charge in [-0.25, -0.2) is 4.39 Å². The van der Waals surface area contributed by atoms with Gasteiger partial charge in [0.2, 0.25) is 0 Å². The first kappa shape index (κ1) is 10.5. The van der Waals surface area contributed by atoms with Crippen molar-refractivity contribution in [3.63, 3.8) is 0 Å². The number of hydrogen-bond acceptors (Lipinski definition) is 1. The quantitative estimate of drug-likeness (QED) is 0.739. The van der Waals surface area contributed by atoms with Crippen LogP contribution in [0.1, 0.15) is 18.9 Å². The lowest BCUT2D eigenvalue weighted by Gasteiger charge is -2.03. The predicted octanol–water partition coefficient (Wildman–Crippen LogP) is 2.98. The number of benzene rings is 1. The Kier molecular flexibility index (Phi) is 4.19. The SMILES string of the molecule is CCCNCc1cc(F)cc(Cl)c1. The van der Waals surface area contributed by atoms with E-state index in [1.807, 2.05) is 0 Å². The summed E-state index contributed by atoms with van der Waals surface area (Å²) in [4.78, 5) is 0. The van der Waals surface area contributed by atoms with Gasteiger partial charge in [0.25, 0.3) is 0 Å². The maximum Gasteiger partial charge on any atom is 0.125 e. The Bertz CT molecular complexity index is 255. The molecule has 0 saturated heterocycles. The summed E-state index contributed by atoms with van der Waals surface area (Å²) in [5, 5.41) is 3.63. The highest BCUT2D eigenvalue weighted by Gasteiger charge is 1.98. The molecule has 0 aliphatic carbocycles. The zero-order chi connectivity index (χ0) is 9.68. The topological polar surface area (TPSA) is 12.0 Å². The van der Waals surface area contributed by atoms with Crippen molar-refractivity contribution in [1.29, 1.82) is 0 Å². The number of hydrogen-bond donors (Lipinski definition) is 1. The third-order valence-corrected chi connectivity index (χ3v) is 1.90. The Labute approximate surface area is 82.9 Å². The standard InChI is InChI=1S/C10H13ClFN/c1-2-3-13-7-8-4-9(11)6-10(12)5-8/h4-6,13H,2-3,7H2,1H3. The Morgan fingerprint density at radius 1 is 1.38 bits per heavy atom. The first-order chi connectivity index (χ1) is 6.22. The van der Waals surface area contributed by atoms with E-state index in [2.05, 4.69) is 12.2 Å². The maximum absolute atomic E-state index is 12.8. The lowest BCUT2D eigenvalue weighted by Crippen LogP contribution is -2.13. The molecule has 0 unspecified atom stereocenters. The predicted molar refractivity (Wildman–Crippen MR) is 53.4 cm³/mol. The molecule has 72 valence electrons. The van der Waals surface area contributed by atoms with Crippen LogP contribution in [-0.2, 0) is 6.54 Å². The molecule has 13 heavy (non-hydrogen) atoms. The summed E-state index contributed by atoms with van der Waals surface area (Å²) in [7, 11) is 0. The van der Waals surface area contributed by atoms with Crippen LogP contribution in [0.4, 0.5) is 4.39 Å². The summed E-state index contributed by atoms with van der Waals surface area (Å²) in [5.74, 6) is -0.277. The second-order valence-electron chi connectivity index (χ2n) is 2.95. The largest absolute Gasteiger partial charge is 0.313 e. The summed E-state index contributed by atoms with van der Waals surface area (Å²) in [6.07, 6.45) is 1.07. The lowest BCUT2D eigenvalue weighted by molar-refractivity contribution is 0.619. The average Bonchev–Trinajstić information content (AvgIpc) is 2.03. The molecule has 0 bridgehead atoms. The second-order valence-corrected chi connectivity index (χ2v) is 3.39. The molecule has 0 spiro atoms. The van der Waals surface area contributed by atoms with Crippen molar-refractivity contribution >= 4 is 11.6 Å². The van der Waals surface area contributed by atoms with Gasteiger partial charge in [-0.3, -0.25) is 0 Å². The molecule has 0 aliphatic heterocycles. The fourth-order valence-electron chi connectivity index (χ4n) is 1.12. The molecule has 1 N–H and O–H groups in total. The molecule has 0 radical (unpaired) electrons. The van der Waals surface area contributed by atoms with E-state index in [1.165, 1.54) is 12.1 Å². The minimum atomic E-state index is -0.277. The summed E-state index contributed by atoms with van der Waals surface area (Å²) >= 11 is 5.70. The van der Waals surface area contributed by atoms with Gasteiger partial charge in [-0.1, -0.05) is 18.5 Å². The Morgan fingerprint density at radius 2 is 2.15 bits per heavy atom.